The minimum absolute atomic E-state index is 0.0281. The van der Waals surface area contributed by atoms with Gasteiger partial charge >= 0.3 is 0 Å². The van der Waals surface area contributed by atoms with Gasteiger partial charge in [-0.1, -0.05) is 32.9 Å². The van der Waals surface area contributed by atoms with E-state index in [0.717, 1.165) is 37.9 Å². The summed E-state index contributed by atoms with van der Waals surface area (Å²) < 4.78 is 13.2. The first-order valence-electron chi connectivity index (χ1n) is 9.63. The predicted octanol–water partition coefficient (Wildman–Crippen LogP) is 4.02. The molecule has 5 heteroatoms. The van der Waals surface area contributed by atoms with Crippen LogP contribution in [0, 0.1) is 17.7 Å². The van der Waals surface area contributed by atoms with Gasteiger partial charge in [0.1, 0.15) is 5.82 Å². The van der Waals surface area contributed by atoms with E-state index in [1.165, 1.54) is 12.1 Å². The molecule has 1 heterocycles. The Kier molecular flexibility index (Phi) is 7.18. The van der Waals surface area contributed by atoms with E-state index >= 15 is 0 Å². The number of amides is 2. The molecule has 144 valence electrons. The summed E-state index contributed by atoms with van der Waals surface area (Å²) in [7, 11) is 1.83. The minimum atomic E-state index is -0.264. The first kappa shape index (κ1) is 20.4. The van der Waals surface area contributed by atoms with E-state index in [4.69, 9.17) is 0 Å². The first-order chi connectivity index (χ1) is 12.3. The van der Waals surface area contributed by atoms with Gasteiger partial charge in [-0.3, -0.25) is 9.59 Å². The van der Waals surface area contributed by atoms with Crippen molar-refractivity contribution in [1.29, 1.82) is 0 Å². The van der Waals surface area contributed by atoms with Gasteiger partial charge in [-0.25, -0.2) is 4.39 Å². The third-order valence-electron chi connectivity index (χ3n) is 5.39. The maximum absolute atomic E-state index is 13.2. The Morgan fingerprint density at radius 2 is 1.77 bits per heavy atom. The number of benzene rings is 1. The number of rotatable bonds is 6. The second-order valence-corrected chi connectivity index (χ2v) is 7.61. The fraction of sp³-hybridized carbons (Fsp3) is 0.619. The van der Waals surface area contributed by atoms with Gasteiger partial charge in [-0.05, 0) is 42.9 Å². The molecule has 0 spiro atoms. The van der Waals surface area contributed by atoms with E-state index in [9.17, 15) is 14.0 Å². The molecule has 1 aromatic carbocycles. The number of carbonyl (C=O) groups excluding carboxylic acids is 2. The standard InChI is InChI=1S/C21H31FN2O2/c1-5-19(17-6-8-18(22)9-7-17)23(4)20(25)14-16-10-12-24(13-11-16)21(26)15(2)3/h6-9,15-16,19H,5,10-14H2,1-4H3. The zero-order valence-corrected chi connectivity index (χ0v) is 16.4. The SMILES string of the molecule is CCC(c1ccc(F)cc1)N(C)C(=O)CC1CCN(C(=O)C(C)C)CC1. The lowest BCUT2D eigenvalue weighted by atomic mass is 9.92. The molecule has 1 fully saturated rings. The lowest BCUT2D eigenvalue weighted by Crippen LogP contribution is -2.41. The largest absolute Gasteiger partial charge is 0.342 e. The van der Waals surface area contributed by atoms with Crippen molar-refractivity contribution in [2.45, 2.75) is 52.5 Å². The van der Waals surface area contributed by atoms with Gasteiger partial charge in [0.05, 0.1) is 6.04 Å². The third-order valence-corrected chi connectivity index (χ3v) is 5.39. The predicted molar refractivity (Wildman–Crippen MR) is 101 cm³/mol. The van der Waals surface area contributed by atoms with Crippen molar-refractivity contribution < 1.29 is 14.0 Å². The Morgan fingerprint density at radius 1 is 1.19 bits per heavy atom. The quantitative estimate of drug-likeness (QED) is 0.767. The third kappa shape index (κ3) is 5.05. The highest BCUT2D eigenvalue weighted by Gasteiger charge is 2.28. The molecule has 2 rings (SSSR count). The van der Waals surface area contributed by atoms with Crippen LogP contribution in [0.5, 0.6) is 0 Å². The molecule has 26 heavy (non-hydrogen) atoms. The van der Waals surface area contributed by atoms with E-state index in [2.05, 4.69) is 0 Å². The van der Waals surface area contributed by atoms with Crippen LogP contribution in [0.2, 0.25) is 0 Å². The molecule has 0 aliphatic carbocycles. The Bertz CT molecular complexity index is 607. The van der Waals surface area contributed by atoms with E-state index < -0.39 is 0 Å². The number of carbonyl (C=O) groups is 2. The second-order valence-electron chi connectivity index (χ2n) is 7.61. The van der Waals surface area contributed by atoms with E-state index in [-0.39, 0.29) is 29.6 Å². The summed E-state index contributed by atoms with van der Waals surface area (Å²) in [4.78, 5) is 28.5. The topological polar surface area (TPSA) is 40.6 Å². The molecule has 1 saturated heterocycles. The van der Waals surface area contributed by atoms with Crippen LogP contribution in [0.4, 0.5) is 4.39 Å². The molecule has 1 aliphatic rings. The van der Waals surface area contributed by atoms with Crippen molar-refractivity contribution in [3.8, 4) is 0 Å². The Balaban J connectivity index is 1.90. The minimum Gasteiger partial charge on any atom is -0.342 e. The van der Waals surface area contributed by atoms with Gasteiger partial charge in [0.15, 0.2) is 0 Å². The molecular formula is C21H31FN2O2. The smallest absolute Gasteiger partial charge is 0.225 e. The number of likely N-dealkylation sites (tertiary alicyclic amines) is 1. The van der Waals surface area contributed by atoms with Crippen molar-refractivity contribution in [2.24, 2.45) is 11.8 Å². The fourth-order valence-electron chi connectivity index (χ4n) is 3.71. The molecule has 0 radical (unpaired) electrons. The maximum atomic E-state index is 13.2. The summed E-state index contributed by atoms with van der Waals surface area (Å²) in [5.41, 5.74) is 0.960. The lowest BCUT2D eigenvalue weighted by molar-refractivity contribution is -0.136. The Morgan fingerprint density at radius 3 is 2.27 bits per heavy atom. The van der Waals surface area contributed by atoms with Crippen molar-refractivity contribution in [3.05, 3.63) is 35.6 Å². The molecule has 1 aliphatic heterocycles. The number of hydrogen-bond acceptors (Lipinski definition) is 2. The number of piperidine rings is 1. The number of halogens is 1. The van der Waals surface area contributed by atoms with Gasteiger partial charge in [-0.15, -0.1) is 0 Å². The Labute approximate surface area is 156 Å². The average Bonchev–Trinajstić information content (AvgIpc) is 2.63. The lowest BCUT2D eigenvalue weighted by Gasteiger charge is -2.34. The summed E-state index contributed by atoms with van der Waals surface area (Å²) >= 11 is 0. The number of hydrogen-bond donors (Lipinski definition) is 0. The molecule has 4 nitrogen and oxygen atoms in total. The highest BCUT2D eigenvalue weighted by molar-refractivity contribution is 5.78. The van der Waals surface area contributed by atoms with Crippen LogP contribution in [0.15, 0.2) is 24.3 Å². The van der Waals surface area contributed by atoms with Crippen LogP contribution in [0.3, 0.4) is 0 Å². The first-order valence-corrected chi connectivity index (χ1v) is 9.63. The molecular weight excluding hydrogens is 331 g/mol. The monoisotopic (exact) mass is 362 g/mol. The number of nitrogens with zero attached hydrogens (tertiary/aromatic N) is 2. The second kappa shape index (κ2) is 9.15. The zero-order chi connectivity index (χ0) is 19.3. The van der Waals surface area contributed by atoms with Crippen molar-refractivity contribution in [1.82, 2.24) is 9.80 Å². The van der Waals surface area contributed by atoms with Crippen molar-refractivity contribution in [2.75, 3.05) is 20.1 Å². The molecule has 1 atom stereocenters. The average molecular weight is 362 g/mol. The van der Waals surface area contributed by atoms with E-state index in [0.29, 0.717) is 12.3 Å². The van der Waals surface area contributed by atoms with Gasteiger partial charge < -0.3 is 9.80 Å². The summed E-state index contributed by atoms with van der Waals surface area (Å²) in [5, 5.41) is 0. The van der Waals surface area contributed by atoms with Crippen molar-refractivity contribution >= 4 is 11.8 Å². The van der Waals surface area contributed by atoms with Gasteiger partial charge in [0.25, 0.3) is 0 Å². The van der Waals surface area contributed by atoms with Gasteiger partial charge in [0.2, 0.25) is 11.8 Å². The summed E-state index contributed by atoms with van der Waals surface area (Å²) in [6.45, 7) is 7.37. The molecule has 0 aromatic heterocycles. The van der Waals surface area contributed by atoms with Crippen LogP contribution in [0.25, 0.3) is 0 Å². The Hall–Kier alpha value is -1.91. The zero-order valence-electron chi connectivity index (χ0n) is 16.4. The highest BCUT2D eigenvalue weighted by atomic mass is 19.1. The summed E-state index contributed by atoms with van der Waals surface area (Å²) in [5.74, 6) is 0.413. The van der Waals surface area contributed by atoms with Crippen LogP contribution in [-0.4, -0.2) is 41.8 Å². The molecule has 1 aromatic rings. The molecule has 1 unspecified atom stereocenters. The summed E-state index contributed by atoms with van der Waals surface area (Å²) in [6.07, 6.45) is 3.06. The molecule has 2 amide bonds. The van der Waals surface area contributed by atoms with Crippen LogP contribution in [0.1, 0.15) is 58.1 Å². The highest BCUT2D eigenvalue weighted by Crippen LogP contribution is 2.27. The van der Waals surface area contributed by atoms with Gasteiger partial charge in [0, 0.05) is 32.5 Å². The maximum Gasteiger partial charge on any atom is 0.225 e. The van der Waals surface area contributed by atoms with Crippen LogP contribution >= 0.6 is 0 Å². The molecule has 0 saturated carbocycles. The van der Waals surface area contributed by atoms with Gasteiger partial charge in [-0.2, -0.15) is 0 Å². The van der Waals surface area contributed by atoms with E-state index in [1.54, 1.807) is 17.0 Å². The summed E-state index contributed by atoms with van der Waals surface area (Å²) in [6, 6.07) is 6.35. The van der Waals surface area contributed by atoms with E-state index in [1.807, 2.05) is 32.7 Å². The normalized spacial score (nSPS) is 16.6. The fourth-order valence-corrected chi connectivity index (χ4v) is 3.71. The molecule has 0 bridgehead atoms. The van der Waals surface area contributed by atoms with Crippen molar-refractivity contribution in [3.63, 3.8) is 0 Å². The van der Waals surface area contributed by atoms with Crippen LogP contribution in [-0.2, 0) is 9.59 Å². The van der Waals surface area contributed by atoms with Crippen LogP contribution < -0.4 is 0 Å². The molecule has 0 N–H and O–H groups in total.